The van der Waals surface area contributed by atoms with Gasteiger partial charge in [0.25, 0.3) is 5.91 Å². The molecule has 3 fully saturated rings. The van der Waals surface area contributed by atoms with Gasteiger partial charge in [-0.1, -0.05) is 18.0 Å². The zero-order chi connectivity index (χ0) is 26.4. The predicted octanol–water partition coefficient (Wildman–Crippen LogP) is 5.84. The van der Waals surface area contributed by atoms with Crippen LogP contribution >= 0.6 is 11.6 Å². The van der Waals surface area contributed by atoms with E-state index in [4.69, 9.17) is 16.3 Å². The highest BCUT2D eigenvalue weighted by molar-refractivity contribution is 6.34. The van der Waals surface area contributed by atoms with Gasteiger partial charge in [-0.15, -0.1) is 0 Å². The van der Waals surface area contributed by atoms with E-state index in [1.807, 2.05) is 4.90 Å². The molecule has 1 heterocycles. The summed E-state index contributed by atoms with van der Waals surface area (Å²) in [5.41, 5.74) is -0.00651. The zero-order valence-corrected chi connectivity index (χ0v) is 22.1. The lowest BCUT2D eigenvalue weighted by Gasteiger charge is -2.46. The fourth-order valence-corrected chi connectivity index (χ4v) is 6.47. The fourth-order valence-electron chi connectivity index (χ4n) is 6.22. The summed E-state index contributed by atoms with van der Waals surface area (Å²) in [6.07, 6.45) is 5.89. The van der Waals surface area contributed by atoms with Crippen LogP contribution in [0, 0.1) is 23.0 Å². The van der Waals surface area contributed by atoms with Gasteiger partial charge in [0.1, 0.15) is 17.4 Å². The van der Waals surface area contributed by atoms with E-state index in [9.17, 15) is 18.4 Å². The summed E-state index contributed by atoms with van der Waals surface area (Å²) in [6, 6.07) is 8.58. The Morgan fingerprint density at radius 2 is 1.81 bits per heavy atom. The Labute approximate surface area is 221 Å². The number of carbonyl (C=O) groups is 2. The van der Waals surface area contributed by atoms with Gasteiger partial charge in [-0.05, 0) is 86.3 Å². The van der Waals surface area contributed by atoms with E-state index in [0.29, 0.717) is 54.8 Å². The number of hydrogen-bond acceptors (Lipinski definition) is 3. The molecule has 37 heavy (non-hydrogen) atoms. The van der Waals surface area contributed by atoms with Crippen molar-refractivity contribution in [2.75, 3.05) is 33.8 Å². The number of nitrogens with zero attached hydrogens (tertiary/aromatic N) is 2. The van der Waals surface area contributed by atoms with Gasteiger partial charge in [0.2, 0.25) is 5.91 Å². The highest BCUT2D eigenvalue weighted by Crippen LogP contribution is 2.61. The van der Waals surface area contributed by atoms with Crippen molar-refractivity contribution in [1.29, 1.82) is 0 Å². The Morgan fingerprint density at radius 3 is 2.43 bits per heavy atom. The first-order valence-electron chi connectivity index (χ1n) is 13.0. The largest absolute Gasteiger partial charge is 0.494 e. The number of hydrogen-bond donors (Lipinski definition) is 0. The number of likely N-dealkylation sites (tertiary alicyclic amines) is 1. The Hall–Kier alpha value is -2.67. The Morgan fingerprint density at radius 1 is 1.08 bits per heavy atom. The number of piperidine rings is 1. The molecule has 198 valence electrons. The van der Waals surface area contributed by atoms with Crippen LogP contribution in [0.15, 0.2) is 36.4 Å². The van der Waals surface area contributed by atoms with E-state index in [0.717, 1.165) is 44.2 Å². The smallest absolute Gasteiger partial charge is 0.254 e. The number of amides is 2. The van der Waals surface area contributed by atoms with E-state index >= 15 is 0 Å². The average molecular weight is 531 g/mol. The molecule has 2 aliphatic carbocycles. The first kappa shape index (κ1) is 26.0. The highest BCUT2D eigenvalue weighted by atomic mass is 35.5. The molecule has 0 bridgehead atoms. The van der Waals surface area contributed by atoms with Crippen LogP contribution in [0.5, 0.6) is 5.75 Å². The van der Waals surface area contributed by atoms with E-state index in [1.165, 1.54) is 11.0 Å². The molecule has 5 rings (SSSR count). The first-order valence-corrected chi connectivity index (χ1v) is 13.4. The molecule has 2 aromatic carbocycles. The van der Waals surface area contributed by atoms with Gasteiger partial charge in [0.05, 0.1) is 22.6 Å². The first-order chi connectivity index (χ1) is 17.6. The lowest BCUT2D eigenvalue weighted by Crippen LogP contribution is -2.53. The van der Waals surface area contributed by atoms with Gasteiger partial charge in [0, 0.05) is 32.7 Å². The molecule has 1 aliphatic heterocycles. The van der Waals surface area contributed by atoms with Gasteiger partial charge in [-0.25, -0.2) is 8.78 Å². The number of benzene rings is 2. The average Bonchev–Trinajstić information content (AvgIpc) is 3.51. The molecule has 1 saturated heterocycles. The molecule has 0 radical (unpaired) electrons. The molecule has 5 nitrogen and oxygen atoms in total. The summed E-state index contributed by atoms with van der Waals surface area (Å²) in [7, 11) is 3.37. The summed E-state index contributed by atoms with van der Waals surface area (Å²) < 4.78 is 34.4. The lowest BCUT2D eigenvalue weighted by atomic mass is 9.63. The second-order valence-electron chi connectivity index (χ2n) is 11.1. The van der Waals surface area contributed by atoms with Crippen molar-refractivity contribution in [2.24, 2.45) is 11.3 Å². The van der Waals surface area contributed by atoms with Crippen LogP contribution in [0.2, 0.25) is 5.02 Å². The van der Waals surface area contributed by atoms with Crippen molar-refractivity contribution >= 4 is 23.4 Å². The number of rotatable bonds is 7. The third kappa shape index (κ3) is 4.83. The second kappa shape index (κ2) is 9.90. The number of halogens is 3. The summed E-state index contributed by atoms with van der Waals surface area (Å²) in [5, 5.41) is 0.374. The minimum atomic E-state index is -0.915. The molecule has 1 atom stereocenters. The van der Waals surface area contributed by atoms with Crippen LogP contribution in [0.25, 0.3) is 0 Å². The molecular weight excluding hydrogens is 498 g/mol. The molecule has 0 unspecified atom stereocenters. The molecule has 2 amide bonds. The van der Waals surface area contributed by atoms with E-state index in [-0.39, 0.29) is 22.8 Å². The molecule has 2 saturated carbocycles. The zero-order valence-electron chi connectivity index (χ0n) is 21.4. The molecule has 2 aromatic rings. The highest BCUT2D eigenvalue weighted by Gasteiger charge is 2.56. The summed E-state index contributed by atoms with van der Waals surface area (Å²) in [5.74, 6) is -0.00182. The van der Waals surface area contributed by atoms with E-state index in [1.54, 1.807) is 32.3 Å². The SMILES string of the molecule is CN(C)C(=O)c1ccc(OCC[C@H]2CC23CCN(C(=O)C2(c4cc(F)ccc4F)CCC2)CC3)cc1Cl. The van der Waals surface area contributed by atoms with Crippen molar-refractivity contribution in [3.63, 3.8) is 0 Å². The van der Waals surface area contributed by atoms with Crippen LogP contribution in [0.4, 0.5) is 8.78 Å². The Bertz CT molecular complexity index is 1210. The Balaban J connectivity index is 1.13. The van der Waals surface area contributed by atoms with E-state index in [2.05, 4.69) is 0 Å². The fraction of sp³-hybridized carbons (Fsp3) is 0.517. The van der Waals surface area contributed by atoms with Crippen molar-refractivity contribution < 1.29 is 23.1 Å². The van der Waals surface area contributed by atoms with Crippen molar-refractivity contribution in [3.8, 4) is 5.75 Å². The normalized spacial score (nSPS) is 21.3. The quantitative estimate of drug-likeness (QED) is 0.452. The minimum Gasteiger partial charge on any atom is -0.494 e. The maximum atomic E-state index is 14.6. The predicted molar refractivity (Wildman–Crippen MR) is 138 cm³/mol. The van der Waals surface area contributed by atoms with Crippen molar-refractivity contribution in [2.45, 2.75) is 50.4 Å². The van der Waals surface area contributed by atoms with Crippen LogP contribution in [0.1, 0.15) is 60.9 Å². The summed E-state index contributed by atoms with van der Waals surface area (Å²) in [4.78, 5) is 29.0. The van der Waals surface area contributed by atoms with Crippen molar-refractivity contribution in [3.05, 3.63) is 64.2 Å². The molecule has 0 aromatic heterocycles. The topological polar surface area (TPSA) is 49.9 Å². The summed E-state index contributed by atoms with van der Waals surface area (Å²) in [6.45, 7) is 1.88. The van der Waals surface area contributed by atoms with Crippen LogP contribution in [-0.2, 0) is 10.2 Å². The molecule has 8 heteroatoms. The van der Waals surface area contributed by atoms with Gasteiger partial charge in [-0.3, -0.25) is 9.59 Å². The van der Waals surface area contributed by atoms with Crippen LogP contribution in [-0.4, -0.2) is 55.4 Å². The lowest BCUT2D eigenvalue weighted by molar-refractivity contribution is -0.142. The maximum Gasteiger partial charge on any atom is 0.254 e. The molecule has 0 N–H and O–H groups in total. The third-order valence-electron chi connectivity index (χ3n) is 8.78. The van der Waals surface area contributed by atoms with Gasteiger partial charge in [-0.2, -0.15) is 0 Å². The molecule has 3 aliphatic rings. The minimum absolute atomic E-state index is 0.0493. The second-order valence-corrected chi connectivity index (χ2v) is 11.5. The Kier molecular flexibility index (Phi) is 6.94. The third-order valence-corrected chi connectivity index (χ3v) is 9.09. The van der Waals surface area contributed by atoms with E-state index < -0.39 is 17.0 Å². The number of carbonyl (C=O) groups excluding carboxylic acids is 2. The van der Waals surface area contributed by atoms with Crippen LogP contribution in [0.3, 0.4) is 0 Å². The van der Waals surface area contributed by atoms with Gasteiger partial charge >= 0.3 is 0 Å². The van der Waals surface area contributed by atoms with Gasteiger partial charge in [0.15, 0.2) is 0 Å². The standard InChI is InChI=1S/C29H33ClF2N2O3/c1-33(2)26(35)22-6-5-21(17-24(22)30)37-15-8-19-18-28(19)11-13-34(14-12-28)27(36)29(9-3-10-29)23-16-20(31)4-7-25(23)32/h4-7,16-17,19H,3,8-15,18H2,1-2H3/t19-/m0/s1. The summed E-state index contributed by atoms with van der Waals surface area (Å²) >= 11 is 6.28. The molecule has 1 spiro atoms. The van der Waals surface area contributed by atoms with Gasteiger partial charge < -0.3 is 14.5 Å². The monoisotopic (exact) mass is 530 g/mol. The number of ether oxygens (including phenoxy) is 1. The maximum absolute atomic E-state index is 14.6. The van der Waals surface area contributed by atoms with Crippen LogP contribution < -0.4 is 4.74 Å². The van der Waals surface area contributed by atoms with Crippen molar-refractivity contribution in [1.82, 2.24) is 9.80 Å². The molecular formula is C29H33ClF2N2O3.